The van der Waals surface area contributed by atoms with Crippen LogP contribution >= 0.6 is 11.3 Å². The fourth-order valence-electron chi connectivity index (χ4n) is 4.00. The molecule has 0 saturated carbocycles. The SMILES string of the molecule is CCOC(=O)c1c(NC(=O)C(OC(=O)c2ccn(C)c(=O)c2)c2ccccc2)sc2c1CCCC2. The van der Waals surface area contributed by atoms with Crippen molar-refractivity contribution in [3.8, 4) is 0 Å². The molecule has 2 aromatic heterocycles. The molecule has 0 aliphatic heterocycles. The van der Waals surface area contributed by atoms with Gasteiger partial charge in [-0.05, 0) is 44.2 Å². The molecule has 0 radical (unpaired) electrons. The molecule has 182 valence electrons. The van der Waals surface area contributed by atoms with E-state index in [1.54, 1.807) is 44.3 Å². The highest BCUT2D eigenvalue weighted by Crippen LogP contribution is 2.39. The van der Waals surface area contributed by atoms with E-state index in [1.165, 1.54) is 28.2 Å². The fraction of sp³-hybridized carbons (Fsp3) is 0.308. The van der Waals surface area contributed by atoms with Crippen LogP contribution in [0.4, 0.5) is 5.00 Å². The lowest BCUT2D eigenvalue weighted by molar-refractivity contribution is -0.125. The lowest BCUT2D eigenvalue weighted by atomic mass is 9.95. The van der Waals surface area contributed by atoms with E-state index in [9.17, 15) is 19.2 Å². The summed E-state index contributed by atoms with van der Waals surface area (Å²) in [6, 6.07) is 11.2. The number of ether oxygens (including phenoxy) is 2. The van der Waals surface area contributed by atoms with Crippen LogP contribution in [0.25, 0.3) is 0 Å². The van der Waals surface area contributed by atoms with Gasteiger partial charge in [-0.25, -0.2) is 9.59 Å². The predicted molar refractivity (Wildman–Crippen MR) is 132 cm³/mol. The van der Waals surface area contributed by atoms with Crippen LogP contribution in [-0.2, 0) is 34.2 Å². The molecular weight excluding hydrogens is 468 g/mol. The van der Waals surface area contributed by atoms with Gasteiger partial charge in [-0.15, -0.1) is 11.3 Å². The normalized spacial score (nSPS) is 13.4. The number of nitrogens with one attached hydrogen (secondary N) is 1. The minimum absolute atomic E-state index is 0.0423. The lowest BCUT2D eigenvalue weighted by Crippen LogP contribution is -2.27. The predicted octanol–water partition coefficient (Wildman–Crippen LogP) is 4.04. The summed E-state index contributed by atoms with van der Waals surface area (Å²) in [5, 5.41) is 3.21. The summed E-state index contributed by atoms with van der Waals surface area (Å²) in [7, 11) is 1.57. The molecule has 9 heteroatoms. The average Bonchev–Trinajstić information content (AvgIpc) is 3.22. The zero-order valence-electron chi connectivity index (χ0n) is 19.5. The van der Waals surface area contributed by atoms with Crippen LogP contribution < -0.4 is 10.9 Å². The van der Waals surface area contributed by atoms with Gasteiger partial charge in [0.05, 0.1) is 17.7 Å². The first kappa shape index (κ1) is 24.4. The van der Waals surface area contributed by atoms with Gasteiger partial charge in [-0.2, -0.15) is 0 Å². The number of fused-ring (bicyclic) bond motifs is 1. The van der Waals surface area contributed by atoms with E-state index in [2.05, 4.69) is 5.32 Å². The summed E-state index contributed by atoms with van der Waals surface area (Å²) in [5.74, 6) is -1.88. The van der Waals surface area contributed by atoms with Gasteiger partial charge in [0.2, 0.25) is 6.10 Å². The molecule has 1 unspecified atom stereocenters. The van der Waals surface area contributed by atoms with Crippen LogP contribution in [-0.4, -0.2) is 29.0 Å². The van der Waals surface area contributed by atoms with Gasteiger partial charge < -0.3 is 19.4 Å². The summed E-state index contributed by atoms with van der Waals surface area (Å²) >= 11 is 1.36. The molecule has 0 fully saturated rings. The first-order chi connectivity index (χ1) is 16.9. The van der Waals surface area contributed by atoms with E-state index < -0.39 is 23.9 Å². The smallest absolute Gasteiger partial charge is 0.341 e. The molecule has 1 atom stereocenters. The maximum Gasteiger partial charge on any atom is 0.341 e. The first-order valence-corrected chi connectivity index (χ1v) is 12.3. The van der Waals surface area contributed by atoms with Crippen LogP contribution in [0.15, 0.2) is 53.5 Å². The lowest BCUT2D eigenvalue weighted by Gasteiger charge is -2.18. The minimum Gasteiger partial charge on any atom is -0.462 e. The van der Waals surface area contributed by atoms with Crippen LogP contribution in [0.1, 0.15) is 62.6 Å². The van der Waals surface area contributed by atoms with E-state index in [0.717, 1.165) is 42.2 Å². The van der Waals surface area contributed by atoms with E-state index in [4.69, 9.17) is 9.47 Å². The molecule has 1 aliphatic rings. The third-order valence-electron chi connectivity index (χ3n) is 5.79. The largest absolute Gasteiger partial charge is 0.462 e. The molecule has 1 amide bonds. The Hall–Kier alpha value is -3.72. The van der Waals surface area contributed by atoms with Crippen LogP contribution in [0.3, 0.4) is 0 Å². The molecule has 1 aromatic carbocycles. The second-order valence-corrected chi connectivity index (χ2v) is 9.29. The van der Waals surface area contributed by atoms with E-state index >= 15 is 0 Å². The number of benzene rings is 1. The standard InChI is InChI=1S/C26H26N2O6S/c1-3-33-26(32)21-18-11-7-8-12-19(18)35-24(21)27-23(30)22(16-9-5-4-6-10-16)34-25(31)17-13-14-28(2)20(29)15-17/h4-6,9-10,13-15,22H,3,7-8,11-12H2,1-2H3,(H,27,30). The molecule has 0 spiro atoms. The maximum atomic E-state index is 13.4. The van der Waals surface area contributed by atoms with Crippen molar-refractivity contribution >= 4 is 34.2 Å². The van der Waals surface area contributed by atoms with E-state index in [-0.39, 0.29) is 17.7 Å². The van der Waals surface area contributed by atoms with Crippen molar-refractivity contribution in [2.75, 3.05) is 11.9 Å². The zero-order chi connectivity index (χ0) is 24.9. The Balaban J connectivity index is 1.65. The highest BCUT2D eigenvalue weighted by molar-refractivity contribution is 7.17. The monoisotopic (exact) mass is 494 g/mol. The van der Waals surface area contributed by atoms with Gasteiger partial charge >= 0.3 is 11.9 Å². The van der Waals surface area contributed by atoms with Crippen molar-refractivity contribution in [2.24, 2.45) is 7.05 Å². The van der Waals surface area contributed by atoms with Gasteiger partial charge in [0.15, 0.2) is 0 Å². The van der Waals surface area contributed by atoms with Crippen LogP contribution in [0, 0.1) is 0 Å². The molecule has 1 N–H and O–H groups in total. The molecule has 4 rings (SSSR count). The highest BCUT2D eigenvalue weighted by atomic mass is 32.1. The number of anilines is 1. The average molecular weight is 495 g/mol. The Kier molecular flexibility index (Phi) is 7.45. The number of carbonyl (C=O) groups excluding carboxylic acids is 3. The molecular formula is C26H26N2O6S. The Bertz CT molecular complexity index is 1310. The second kappa shape index (κ2) is 10.7. The van der Waals surface area contributed by atoms with Crippen molar-refractivity contribution in [2.45, 2.75) is 38.7 Å². The molecule has 0 saturated heterocycles. The summed E-state index contributed by atoms with van der Waals surface area (Å²) < 4.78 is 12.2. The van der Waals surface area contributed by atoms with Gasteiger partial charge in [0.25, 0.3) is 11.5 Å². The van der Waals surface area contributed by atoms with E-state index in [1.807, 2.05) is 0 Å². The van der Waals surface area contributed by atoms with Crippen LogP contribution in [0.2, 0.25) is 0 Å². The number of thiophene rings is 1. The molecule has 3 aromatic rings. The van der Waals surface area contributed by atoms with Gasteiger partial charge in [0, 0.05) is 29.8 Å². The van der Waals surface area contributed by atoms with Gasteiger partial charge in [0.1, 0.15) is 5.00 Å². The molecule has 0 bridgehead atoms. The van der Waals surface area contributed by atoms with Crippen LogP contribution in [0.5, 0.6) is 0 Å². The topological polar surface area (TPSA) is 104 Å². The maximum absolute atomic E-state index is 13.4. The summed E-state index contributed by atoms with van der Waals surface area (Å²) in [5.41, 5.74) is 1.43. The molecule has 8 nitrogen and oxygen atoms in total. The van der Waals surface area contributed by atoms with E-state index in [0.29, 0.717) is 16.1 Å². The summed E-state index contributed by atoms with van der Waals surface area (Å²) in [6.45, 7) is 1.95. The van der Waals surface area contributed by atoms with Crippen molar-refractivity contribution in [3.63, 3.8) is 0 Å². The Morgan fingerprint density at radius 1 is 1.09 bits per heavy atom. The van der Waals surface area contributed by atoms with Crippen molar-refractivity contribution in [1.29, 1.82) is 0 Å². The number of esters is 2. The molecule has 1 aliphatic carbocycles. The number of carbonyl (C=O) groups is 3. The fourth-order valence-corrected chi connectivity index (χ4v) is 5.28. The Morgan fingerprint density at radius 3 is 2.54 bits per heavy atom. The molecule has 2 heterocycles. The zero-order valence-corrected chi connectivity index (χ0v) is 20.4. The second-order valence-electron chi connectivity index (χ2n) is 8.19. The highest BCUT2D eigenvalue weighted by Gasteiger charge is 2.31. The minimum atomic E-state index is -1.29. The third kappa shape index (κ3) is 5.35. The Morgan fingerprint density at radius 2 is 1.83 bits per heavy atom. The number of aryl methyl sites for hydroxylation is 2. The number of hydrogen-bond donors (Lipinski definition) is 1. The first-order valence-electron chi connectivity index (χ1n) is 11.4. The number of rotatable bonds is 7. The summed E-state index contributed by atoms with van der Waals surface area (Å²) in [6.07, 6.45) is 3.73. The number of amides is 1. The van der Waals surface area contributed by atoms with Crippen molar-refractivity contribution in [3.05, 3.63) is 86.1 Å². The Labute approximate surface area is 206 Å². The van der Waals surface area contributed by atoms with Gasteiger partial charge in [-0.1, -0.05) is 30.3 Å². The quantitative estimate of drug-likeness (QED) is 0.497. The molecule has 35 heavy (non-hydrogen) atoms. The number of aromatic nitrogens is 1. The number of hydrogen-bond acceptors (Lipinski definition) is 7. The van der Waals surface area contributed by atoms with Crippen molar-refractivity contribution < 1.29 is 23.9 Å². The number of pyridine rings is 1. The van der Waals surface area contributed by atoms with Gasteiger partial charge in [-0.3, -0.25) is 9.59 Å². The third-order valence-corrected chi connectivity index (χ3v) is 7.00. The number of nitrogens with zero attached hydrogens (tertiary/aromatic N) is 1. The van der Waals surface area contributed by atoms with Crippen molar-refractivity contribution in [1.82, 2.24) is 4.57 Å². The summed E-state index contributed by atoms with van der Waals surface area (Å²) in [4.78, 5) is 52.1.